The maximum absolute atomic E-state index is 13.2. The summed E-state index contributed by atoms with van der Waals surface area (Å²) >= 11 is 0. The third-order valence-corrected chi connectivity index (χ3v) is 5.08. The molecular formula is C22H29N5O3. The fourth-order valence-electron chi connectivity index (χ4n) is 3.45. The summed E-state index contributed by atoms with van der Waals surface area (Å²) in [6.45, 7) is 8.64. The zero-order chi connectivity index (χ0) is 21.5. The number of para-hydroxylation sites is 1. The van der Waals surface area contributed by atoms with Crippen LogP contribution < -0.4 is 15.0 Å². The Morgan fingerprint density at radius 1 is 1.07 bits per heavy atom. The van der Waals surface area contributed by atoms with Gasteiger partial charge in [-0.05, 0) is 31.0 Å². The van der Waals surface area contributed by atoms with Crippen molar-refractivity contribution in [1.29, 1.82) is 0 Å². The predicted octanol–water partition coefficient (Wildman–Crippen LogP) is 1.98. The van der Waals surface area contributed by atoms with E-state index in [4.69, 9.17) is 4.74 Å². The monoisotopic (exact) mass is 411 g/mol. The summed E-state index contributed by atoms with van der Waals surface area (Å²) in [6, 6.07) is 8.25. The van der Waals surface area contributed by atoms with E-state index in [1.165, 1.54) is 0 Å². The Morgan fingerprint density at radius 3 is 2.37 bits per heavy atom. The molecule has 1 atom stereocenters. The average molecular weight is 412 g/mol. The number of carbonyl (C=O) groups excluding carboxylic acids is 2. The minimum absolute atomic E-state index is 0.0452. The molecule has 3 rings (SSSR count). The fourth-order valence-corrected chi connectivity index (χ4v) is 3.45. The second-order valence-corrected chi connectivity index (χ2v) is 7.49. The SMILES string of the molecule is CCOc1ccccc1C(=O)N[C@H](C(=O)N1CCN(c2ncccn2)CC1)C(C)C. The van der Waals surface area contributed by atoms with Gasteiger partial charge in [0.15, 0.2) is 0 Å². The summed E-state index contributed by atoms with van der Waals surface area (Å²) in [6.07, 6.45) is 3.43. The fraction of sp³-hybridized carbons (Fsp3) is 0.455. The number of anilines is 1. The third-order valence-electron chi connectivity index (χ3n) is 5.08. The number of rotatable bonds is 7. The molecule has 160 valence electrons. The van der Waals surface area contributed by atoms with Crippen molar-refractivity contribution >= 4 is 17.8 Å². The Labute approximate surface area is 177 Å². The van der Waals surface area contributed by atoms with Crippen LogP contribution in [0.4, 0.5) is 5.95 Å². The lowest BCUT2D eigenvalue weighted by molar-refractivity contribution is -0.134. The normalized spacial score (nSPS) is 15.1. The highest BCUT2D eigenvalue weighted by molar-refractivity contribution is 5.99. The lowest BCUT2D eigenvalue weighted by Crippen LogP contribution is -2.56. The second-order valence-electron chi connectivity index (χ2n) is 7.49. The molecule has 1 aromatic carbocycles. The largest absolute Gasteiger partial charge is 0.493 e. The number of hydrogen-bond donors (Lipinski definition) is 1. The number of amides is 2. The minimum atomic E-state index is -0.605. The summed E-state index contributed by atoms with van der Waals surface area (Å²) in [5.41, 5.74) is 0.434. The van der Waals surface area contributed by atoms with Crippen LogP contribution in [0.15, 0.2) is 42.7 Å². The Hall–Kier alpha value is -3.16. The van der Waals surface area contributed by atoms with Crippen LogP contribution in [-0.4, -0.2) is 65.5 Å². The van der Waals surface area contributed by atoms with E-state index >= 15 is 0 Å². The average Bonchev–Trinajstić information content (AvgIpc) is 2.78. The summed E-state index contributed by atoms with van der Waals surface area (Å²) in [4.78, 5) is 38.5. The summed E-state index contributed by atoms with van der Waals surface area (Å²) < 4.78 is 5.56. The maximum Gasteiger partial charge on any atom is 0.255 e. The van der Waals surface area contributed by atoms with Crippen LogP contribution in [0.5, 0.6) is 5.75 Å². The quantitative estimate of drug-likeness (QED) is 0.750. The van der Waals surface area contributed by atoms with Crippen molar-refractivity contribution in [3.8, 4) is 5.75 Å². The van der Waals surface area contributed by atoms with Gasteiger partial charge in [-0.25, -0.2) is 9.97 Å². The van der Waals surface area contributed by atoms with Crippen molar-refractivity contribution in [2.45, 2.75) is 26.8 Å². The van der Waals surface area contributed by atoms with E-state index in [0.29, 0.717) is 50.0 Å². The van der Waals surface area contributed by atoms with E-state index < -0.39 is 6.04 Å². The Balaban J connectivity index is 1.65. The number of nitrogens with zero attached hydrogens (tertiary/aromatic N) is 4. The first-order chi connectivity index (χ1) is 14.5. The molecule has 2 aromatic rings. The van der Waals surface area contributed by atoms with E-state index in [-0.39, 0.29) is 17.7 Å². The van der Waals surface area contributed by atoms with Gasteiger partial charge in [-0.2, -0.15) is 0 Å². The van der Waals surface area contributed by atoms with Crippen LogP contribution in [-0.2, 0) is 4.79 Å². The van der Waals surface area contributed by atoms with Gasteiger partial charge in [-0.3, -0.25) is 9.59 Å². The molecule has 0 saturated carbocycles. The number of ether oxygens (including phenoxy) is 1. The molecule has 1 saturated heterocycles. The van der Waals surface area contributed by atoms with Crippen molar-refractivity contribution in [2.24, 2.45) is 5.92 Å². The molecule has 0 spiro atoms. The summed E-state index contributed by atoms with van der Waals surface area (Å²) in [5, 5.41) is 2.92. The molecule has 8 heteroatoms. The molecule has 0 radical (unpaired) electrons. The van der Waals surface area contributed by atoms with E-state index in [9.17, 15) is 9.59 Å². The number of carbonyl (C=O) groups is 2. The lowest BCUT2D eigenvalue weighted by atomic mass is 10.0. The Bertz CT molecular complexity index is 851. The summed E-state index contributed by atoms with van der Waals surface area (Å²) in [7, 11) is 0. The predicted molar refractivity (Wildman–Crippen MR) is 115 cm³/mol. The van der Waals surface area contributed by atoms with Crippen LogP contribution in [0.2, 0.25) is 0 Å². The van der Waals surface area contributed by atoms with Crippen molar-refractivity contribution in [3.05, 3.63) is 48.3 Å². The first-order valence-corrected chi connectivity index (χ1v) is 10.3. The lowest BCUT2D eigenvalue weighted by Gasteiger charge is -2.37. The second kappa shape index (κ2) is 10.0. The van der Waals surface area contributed by atoms with Crippen molar-refractivity contribution in [2.75, 3.05) is 37.7 Å². The van der Waals surface area contributed by atoms with Crippen molar-refractivity contribution < 1.29 is 14.3 Å². The zero-order valence-electron chi connectivity index (χ0n) is 17.7. The van der Waals surface area contributed by atoms with E-state index in [2.05, 4.69) is 20.2 Å². The third kappa shape index (κ3) is 5.06. The van der Waals surface area contributed by atoms with E-state index in [1.54, 1.807) is 41.6 Å². The molecule has 0 bridgehead atoms. The summed E-state index contributed by atoms with van der Waals surface area (Å²) in [5.74, 6) is 0.772. The van der Waals surface area contributed by atoms with Gasteiger partial charge >= 0.3 is 0 Å². The van der Waals surface area contributed by atoms with Crippen LogP contribution >= 0.6 is 0 Å². The van der Waals surface area contributed by atoms with Gasteiger partial charge < -0.3 is 19.9 Å². The maximum atomic E-state index is 13.2. The number of piperazine rings is 1. The molecule has 1 fully saturated rings. The Morgan fingerprint density at radius 2 is 1.73 bits per heavy atom. The number of benzene rings is 1. The first kappa shape index (κ1) is 21.5. The highest BCUT2D eigenvalue weighted by Crippen LogP contribution is 2.19. The van der Waals surface area contributed by atoms with Crippen LogP contribution in [0.3, 0.4) is 0 Å². The number of aromatic nitrogens is 2. The van der Waals surface area contributed by atoms with Crippen LogP contribution in [0, 0.1) is 5.92 Å². The Kier molecular flexibility index (Phi) is 7.21. The molecule has 8 nitrogen and oxygen atoms in total. The van der Waals surface area contributed by atoms with Gasteiger partial charge in [-0.1, -0.05) is 26.0 Å². The topological polar surface area (TPSA) is 87.7 Å². The first-order valence-electron chi connectivity index (χ1n) is 10.3. The molecule has 30 heavy (non-hydrogen) atoms. The van der Waals surface area contributed by atoms with Crippen molar-refractivity contribution in [1.82, 2.24) is 20.2 Å². The van der Waals surface area contributed by atoms with E-state index in [0.717, 1.165) is 0 Å². The molecular weight excluding hydrogens is 382 g/mol. The smallest absolute Gasteiger partial charge is 0.255 e. The number of hydrogen-bond acceptors (Lipinski definition) is 6. The highest BCUT2D eigenvalue weighted by Gasteiger charge is 2.31. The molecule has 1 aromatic heterocycles. The molecule has 2 amide bonds. The van der Waals surface area contributed by atoms with Gasteiger partial charge in [0, 0.05) is 38.6 Å². The standard InChI is InChI=1S/C22H29N5O3/c1-4-30-18-9-6-5-8-17(18)20(28)25-19(16(2)3)21(29)26-12-14-27(15-13-26)22-23-10-7-11-24-22/h5-11,16,19H,4,12-15H2,1-3H3,(H,25,28)/t19-/m0/s1. The molecule has 1 aliphatic rings. The van der Waals surface area contributed by atoms with Gasteiger partial charge in [0.2, 0.25) is 11.9 Å². The van der Waals surface area contributed by atoms with Crippen molar-refractivity contribution in [3.63, 3.8) is 0 Å². The van der Waals surface area contributed by atoms with Gasteiger partial charge in [-0.15, -0.1) is 0 Å². The molecule has 1 aliphatic heterocycles. The molecule has 1 N–H and O–H groups in total. The molecule has 0 unspecified atom stereocenters. The molecule has 0 aliphatic carbocycles. The van der Waals surface area contributed by atoms with Crippen LogP contribution in [0.1, 0.15) is 31.1 Å². The van der Waals surface area contributed by atoms with Crippen LogP contribution in [0.25, 0.3) is 0 Å². The van der Waals surface area contributed by atoms with Gasteiger partial charge in [0.25, 0.3) is 5.91 Å². The van der Waals surface area contributed by atoms with Gasteiger partial charge in [0.1, 0.15) is 11.8 Å². The minimum Gasteiger partial charge on any atom is -0.493 e. The molecule has 2 heterocycles. The number of nitrogens with one attached hydrogen (secondary N) is 1. The zero-order valence-corrected chi connectivity index (χ0v) is 17.7. The highest BCUT2D eigenvalue weighted by atomic mass is 16.5. The van der Waals surface area contributed by atoms with E-state index in [1.807, 2.05) is 26.8 Å². The van der Waals surface area contributed by atoms with Gasteiger partial charge in [0.05, 0.1) is 12.2 Å².